The van der Waals surface area contributed by atoms with Crippen LogP contribution in [0.5, 0.6) is 0 Å². The summed E-state index contributed by atoms with van der Waals surface area (Å²) in [7, 11) is 1.70. The summed E-state index contributed by atoms with van der Waals surface area (Å²) in [6.07, 6.45) is -0.0760. The molecular formula is C18H20FN7O2S2. The van der Waals surface area contributed by atoms with Crippen molar-refractivity contribution in [3.8, 4) is 0 Å². The summed E-state index contributed by atoms with van der Waals surface area (Å²) in [6.45, 7) is 4.01. The van der Waals surface area contributed by atoms with Crippen LogP contribution in [0.25, 0.3) is 0 Å². The summed E-state index contributed by atoms with van der Waals surface area (Å²) >= 11 is 2.52. The normalized spacial score (nSPS) is 11.0. The number of benzene rings is 1. The molecule has 3 aromatic rings. The molecule has 0 bridgehead atoms. The van der Waals surface area contributed by atoms with E-state index in [2.05, 4.69) is 31.0 Å². The molecule has 0 atom stereocenters. The summed E-state index contributed by atoms with van der Waals surface area (Å²) in [5.74, 6) is -0.422. The fourth-order valence-corrected chi connectivity index (χ4v) is 3.82. The van der Waals surface area contributed by atoms with Crippen molar-refractivity contribution in [2.24, 2.45) is 7.05 Å². The number of halogens is 1. The lowest BCUT2D eigenvalue weighted by Gasteiger charge is -2.06. The molecule has 0 fully saturated rings. The Hall–Kier alpha value is -2.86. The molecule has 2 heterocycles. The molecule has 0 spiro atoms. The third-order valence-corrected chi connectivity index (χ3v) is 6.06. The van der Waals surface area contributed by atoms with Crippen LogP contribution >= 0.6 is 23.1 Å². The average Bonchev–Trinajstić information content (AvgIpc) is 3.30. The third-order valence-electron chi connectivity index (χ3n) is 3.90. The molecule has 158 valence electrons. The first-order valence-electron chi connectivity index (χ1n) is 9.02. The van der Waals surface area contributed by atoms with Gasteiger partial charge in [0.05, 0.1) is 17.9 Å². The van der Waals surface area contributed by atoms with Gasteiger partial charge in [0.2, 0.25) is 16.9 Å². The van der Waals surface area contributed by atoms with Gasteiger partial charge in [0, 0.05) is 13.0 Å². The molecule has 3 rings (SSSR count). The van der Waals surface area contributed by atoms with Crippen LogP contribution in [0.1, 0.15) is 30.6 Å². The highest BCUT2D eigenvalue weighted by atomic mass is 32.2. The predicted octanol–water partition coefficient (Wildman–Crippen LogP) is 2.84. The smallest absolute Gasteiger partial charge is 0.236 e. The summed E-state index contributed by atoms with van der Waals surface area (Å²) in [5, 5.41) is 23.0. The summed E-state index contributed by atoms with van der Waals surface area (Å²) in [6, 6.07) is 5.92. The number of thioether (sulfide) groups is 1. The molecule has 0 aliphatic rings. The summed E-state index contributed by atoms with van der Waals surface area (Å²) in [5.41, 5.74) is 0.105. The molecule has 30 heavy (non-hydrogen) atoms. The maximum atomic E-state index is 13.6. The zero-order valence-electron chi connectivity index (χ0n) is 16.5. The minimum atomic E-state index is -0.512. The van der Waals surface area contributed by atoms with E-state index >= 15 is 0 Å². The Balaban J connectivity index is 1.52. The molecule has 2 amide bonds. The second kappa shape index (κ2) is 9.76. The maximum absolute atomic E-state index is 13.6. The molecule has 0 radical (unpaired) electrons. The first-order chi connectivity index (χ1) is 14.3. The molecule has 0 unspecified atom stereocenters. The number of carbonyl (C=O) groups excluding carboxylic acids is 2. The van der Waals surface area contributed by atoms with Crippen molar-refractivity contribution in [1.29, 1.82) is 0 Å². The van der Waals surface area contributed by atoms with Crippen molar-refractivity contribution in [1.82, 2.24) is 25.0 Å². The minimum absolute atomic E-state index is 0.0760. The van der Waals surface area contributed by atoms with Crippen molar-refractivity contribution in [3.63, 3.8) is 0 Å². The fourth-order valence-electron chi connectivity index (χ4n) is 2.33. The van der Waals surface area contributed by atoms with E-state index < -0.39 is 11.7 Å². The number of nitrogens with zero attached hydrogens (tertiary/aromatic N) is 5. The zero-order valence-corrected chi connectivity index (χ0v) is 18.2. The van der Waals surface area contributed by atoms with Gasteiger partial charge in [-0.25, -0.2) is 4.39 Å². The Morgan fingerprint density at radius 1 is 1.13 bits per heavy atom. The van der Waals surface area contributed by atoms with E-state index in [1.54, 1.807) is 23.7 Å². The van der Waals surface area contributed by atoms with Crippen molar-refractivity contribution in [3.05, 3.63) is 40.9 Å². The van der Waals surface area contributed by atoms with Crippen molar-refractivity contribution >= 4 is 45.7 Å². The Bertz CT molecular complexity index is 1050. The van der Waals surface area contributed by atoms with E-state index in [-0.39, 0.29) is 29.7 Å². The molecule has 0 saturated heterocycles. The van der Waals surface area contributed by atoms with Crippen LogP contribution in [0.3, 0.4) is 0 Å². The van der Waals surface area contributed by atoms with E-state index in [4.69, 9.17) is 0 Å². The van der Waals surface area contributed by atoms with Crippen LogP contribution < -0.4 is 10.6 Å². The van der Waals surface area contributed by atoms with Gasteiger partial charge >= 0.3 is 0 Å². The molecule has 12 heteroatoms. The Morgan fingerprint density at radius 3 is 2.60 bits per heavy atom. The van der Waals surface area contributed by atoms with Gasteiger partial charge in [0.1, 0.15) is 16.6 Å². The number of para-hydroxylation sites is 1. The van der Waals surface area contributed by atoms with E-state index in [1.165, 1.54) is 35.2 Å². The Labute approximate surface area is 180 Å². The van der Waals surface area contributed by atoms with Crippen molar-refractivity contribution < 1.29 is 14.0 Å². The molecule has 0 saturated carbocycles. The van der Waals surface area contributed by atoms with Gasteiger partial charge in [0.25, 0.3) is 0 Å². The van der Waals surface area contributed by atoms with Crippen molar-refractivity contribution in [2.45, 2.75) is 31.3 Å². The lowest BCUT2D eigenvalue weighted by molar-refractivity contribution is -0.116. The third kappa shape index (κ3) is 5.60. The maximum Gasteiger partial charge on any atom is 0.236 e. The number of hydrogen-bond donors (Lipinski definition) is 2. The SMILES string of the molecule is CC(C)c1nnc(NC(=O)CSc2nnc(CC(=O)Nc3ccccc3F)n2C)s1. The van der Waals surface area contributed by atoms with Crippen LogP contribution in [0.4, 0.5) is 15.2 Å². The lowest BCUT2D eigenvalue weighted by Crippen LogP contribution is -2.18. The van der Waals surface area contributed by atoms with Crippen LogP contribution in [0.2, 0.25) is 0 Å². The summed E-state index contributed by atoms with van der Waals surface area (Å²) in [4.78, 5) is 24.3. The monoisotopic (exact) mass is 449 g/mol. The number of nitrogens with one attached hydrogen (secondary N) is 2. The van der Waals surface area contributed by atoms with Gasteiger partial charge in [-0.1, -0.05) is 49.1 Å². The number of hydrogen-bond acceptors (Lipinski definition) is 8. The Kier molecular flexibility index (Phi) is 7.11. The summed E-state index contributed by atoms with van der Waals surface area (Å²) < 4.78 is 15.3. The van der Waals surface area contributed by atoms with E-state index in [9.17, 15) is 14.0 Å². The molecule has 2 N–H and O–H groups in total. The van der Waals surface area contributed by atoms with Crippen LogP contribution in [-0.2, 0) is 23.1 Å². The first-order valence-corrected chi connectivity index (χ1v) is 10.8. The van der Waals surface area contributed by atoms with Gasteiger partial charge in [-0.3, -0.25) is 14.9 Å². The van der Waals surface area contributed by atoms with Gasteiger partial charge < -0.3 is 9.88 Å². The lowest BCUT2D eigenvalue weighted by atomic mass is 10.2. The van der Waals surface area contributed by atoms with Gasteiger partial charge in [-0.2, -0.15) is 0 Å². The van der Waals surface area contributed by atoms with E-state index in [0.717, 1.165) is 5.01 Å². The fraction of sp³-hybridized carbons (Fsp3) is 0.333. The largest absolute Gasteiger partial charge is 0.323 e. The molecule has 1 aromatic carbocycles. The van der Waals surface area contributed by atoms with Crippen LogP contribution in [-0.4, -0.2) is 42.5 Å². The second-order valence-electron chi connectivity index (χ2n) is 6.60. The number of rotatable bonds is 8. The highest BCUT2D eigenvalue weighted by Crippen LogP contribution is 2.23. The van der Waals surface area contributed by atoms with Crippen LogP contribution in [0.15, 0.2) is 29.4 Å². The van der Waals surface area contributed by atoms with E-state index in [0.29, 0.717) is 16.1 Å². The standard InChI is InChI=1S/C18H20FN7O2S2/c1-10(2)16-23-24-17(30-16)21-15(28)9-29-18-25-22-13(26(18)3)8-14(27)20-12-7-5-4-6-11(12)19/h4-7,10H,8-9H2,1-3H3,(H,20,27)(H,21,24,28). The number of anilines is 2. The number of aromatic nitrogens is 5. The quantitative estimate of drug-likeness (QED) is 0.508. The highest BCUT2D eigenvalue weighted by molar-refractivity contribution is 7.99. The number of carbonyl (C=O) groups is 2. The Morgan fingerprint density at radius 2 is 1.90 bits per heavy atom. The van der Waals surface area contributed by atoms with E-state index in [1.807, 2.05) is 13.8 Å². The average molecular weight is 450 g/mol. The predicted molar refractivity (Wildman–Crippen MR) is 113 cm³/mol. The topological polar surface area (TPSA) is 115 Å². The minimum Gasteiger partial charge on any atom is -0.323 e. The molecular weight excluding hydrogens is 429 g/mol. The molecule has 2 aromatic heterocycles. The molecule has 9 nitrogen and oxygen atoms in total. The first kappa shape index (κ1) is 21.8. The number of amides is 2. The van der Waals surface area contributed by atoms with Crippen LogP contribution in [0, 0.1) is 5.82 Å². The van der Waals surface area contributed by atoms with Crippen molar-refractivity contribution in [2.75, 3.05) is 16.4 Å². The zero-order chi connectivity index (χ0) is 21.7. The van der Waals surface area contributed by atoms with Gasteiger partial charge in [0.15, 0.2) is 5.16 Å². The molecule has 0 aliphatic carbocycles. The molecule has 0 aliphatic heterocycles. The van der Waals surface area contributed by atoms with Gasteiger partial charge in [-0.15, -0.1) is 20.4 Å². The highest BCUT2D eigenvalue weighted by Gasteiger charge is 2.16. The van der Waals surface area contributed by atoms with Gasteiger partial charge in [-0.05, 0) is 12.1 Å². The second-order valence-corrected chi connectivity index (χ2v) is 8.55.